The third kappa shape index (κ3) is 3.56. The molecule has 0 aromatic heterocycles. The Hall–Kier alpha value is -0.390. The van der Waals surface area contributed by atoms with E-state index in [4.69, 9.17) is 0 Å². The van der Waals surface area contributed by atoms with Crippen molar-refractivity contribution in [1.82, 2.24) is 4.31 Å². The summed E-state index contributed by atoms with van der Waals surface area (Å²) in [5, 5.41) is 0. The monoisotopic (exact) mass is 333 g/mol. The van der Waals surface area contributed by atoms with Crippen LogP contribution in [0.1, 0.15) is 32.3 Å². The molecule has 18 heavy (non-hydrogen) atoms. The van der Waals surface area contributed by atoms with Gasteiger partial charge in [0.25, 0.3) is 0 Å². The number of hydrogen-bond donors (Lipinski definition) is 0. The van der Waals surface area contributed by atoms with Gasteiger partial charge in [0, 0.05) is 17.6 Å². The van der Waals surface area contributed by atoms with Crippen molar-refractivity contribution >= 4 is 26.0 Å². The molecule has 5 heteroatoms. The summed E-state index contributed by atoms with van der Waals surface area (Å²) in [7, 11) is -3.37. The Bertz CT molecular complexity index is 500. The molecule has 1 rings (SSSR count). The molecule has 0 radical (unpaired) electrons. The van der Waals surface area contributed by atoms with E-state index in [0.29, 0.717) is 18.0 Å². The molecule has 1 aromatic rings. The van der Waals surface area contributed by atoms with Crippen molar-refractivity contribution in [3.63, 3.8) is 0 Å². The lowest BCUT2D eigenvalue weighted by molar-refractivity contribution is 0.418. The topological polar surface area (TPSA) is 37.4 Å². The van der Waals surface area contributed by atoms with Crippen molar-refractivity contribution in [1.29, 1.82) is 0 Å². The SMILES string of the molecule is CCCCN(CC)S(=O)(=O)c1cc(Br)ccc1C. The van der Waals surface area contributed by atoms with Gasteiger partial charge in [0.1, 0.15) is 0 Å². The zero-order valence-electron chi connectivity index (χ0n) is 11.1. The largest absolute Gasteiger partial charge is 0.243 e. The highest BCUT2D eigenvalue weighted by Gasteiger charge is 2.24. The number of rotatable bonds is 6. The third-order valence-corrected chi connectivity index (χ3v) is 5.49. The van der Waals surface area contributed by atoms with Crippen LogP contribution in [0.2, 0.25) is 0 Å². The van der Waals surface area contributed by atoms with Crippen LogP contribution < -0.4 is 0 Å². The van der Waals surface area contributed by atoms with E-state index >= 15 is 0 Å². The number of unbranched alkanes of at least 4 members (excludes halogenated alkanes) is 1. The van der Waals surface area contributed by atoms with Gasteiger partial charge in [-0.1, -0.05) is 42.3 Å². The maximum absolute atomic E-state index is 12.5. The number of nitrogens with zero attached hydrogens (tertiary/aromatic N) is 1. The summed E-state index contributed by atoms with van der Waals surface area (Å²) in [4.78, 5) is 0.398. The summed E-state index contributed by atoms with van der Waals surface area (Å²) in [6, 6.07) is 5.36. The van der Waals surface area contributed by atoms with Crippen LogP contribution in [0.25, 0.3) is 0 Å². The zero-order chi connectivity index (χ0) is 13.8. The smallest absolute Gasteiger partial charge is 0.207 e. The predicted molar refractivity (Wildman–Crippen MR) is 78.2 cm³/mol. The fourth-order valence-electron chi connectivity index (χ4n) is 1.77. The summed E-state index contributed by atoms with van der Waals surface area (Å²) in [5.41, 5.74) is 0.785. The van der Waals surface area contributed by atoms with Crippen molar-refractivity contribution in [2.24, 2.45) is 0 Å². The second-order valence-corrected chi connectivity index (χ2v) is 7.08. The third-order valence-electron chi connectivity index (χ3n) is 2.88. The van der Waals surface area contributed by atoms with E-state index in [0.717, 1.165) is 22.9 Å². The van der Waals surface area contributed by atoms with Gasteiger partial charge in [-0.15, -0.1) is 0 Å². The lowest BCUT2D eigenvalue weighted by Crippen LogP contribution is -2.32. The Morgan fingerprint density at radius 2 is 1.94 bits per heavy atom. The lowest BCUT2D eigenvalue weighted by Gasteiger charge is -2.21. The van der Waals surface area contributed by atoms with E-state index in [-0.39, 0.29) is 0 Å². The van der Waals surface area contributed by atoms with Crippen LogP contribution in [-0.2, 0) is 10.0 Å². The normalized spacial score (nSPS) is 12.1. The molecule has 0 aliphatic rings. The van der Waals surface area contributed by atoms with E-state index in [2.05, 4.69) is 22.9 Å². The Morgan fingerprint density at radius 1 is 1.28 bits per heavy atom. The maximum atomic E-state index is 12.5. The molecular formula is C13H20BrNO2S. The first-order valence-electron chi connectivity index (χ1n) is 6.19. The second kappa shape index (κ2) is 6.68. The van der Waals surface area contributed by atoms with Gasteiger partial charge in [-0.05, 0) is 31.0 Å². The minimum atomic E-state index is -3.37. The molecule has 0 amide bonds. The first-order chi connectivity index (χ1) is 8.43. The van der Waals surface area contributed by atoms with Crippen LogP contribution in [0.3, 0.4) is 0 Å². The van der Waals surface area contributed by atoms with Crippen LogP contribution in [0.4, 0.5) is 0 Å². The van der Waals surface area contributed by atoms with Gasteiger partial charge in [-0.2, -0.15) is 4.31 Å². The van der Waals surface area contributed by atoms with Gasteiger partial charge in [0.05, 0.1) is 4.90 Å². The van der Waals surface area contributed by atoms with E-state index in [1.165, 1.54) is 0 Å². The highest BCUT2D eigenvalue weighted by Crippen LogP contribution is 2.24. The standard InChI is InChI=1S/C13H20BrNO2S/c1-4-6-9-15(5-2)18(16,17)13-10-12(14)8-7-11(13)3/h7-8,10H,4-6,9H2,1-3H3. The molecule has 0 saturated carbocycles. The lowest BCUT2D eigenvalue weighted by atomic mass is 10.2. The van der Waals surface area contributed by atoms with Crippen LogP contribution in [0.5, 0.6) is 0 Å². The summed E-state index contributed by atoms with van der Waals surface area (Å²) in [6.07, 6.45) is 1.88. The second-order valence-electron chi connectivity index (χ2n) is 4.26. The summed E-state index contributed by atoms with van der Waals surface area (Å²) in [5.74, 6) is 0. The van der Waals surface area contributed by atoms with Gasteiger partial charge in [-0.25, -0.2) is 8.42 Å². The highest BCUT2D eigenvalue weighted by atomic mass is 79.9. The molecule has 0 heterocycles. The van der Waals surface area contributed by atoms with Crippen molar-refractivity contribution in [2.75, 3.05) is 13.1 Å². The molecule has 0 fully saturated rings. The maximum Gasteiger partial charge on any atom is 0.243 e. The van der Waals surface area contributed by atoms with E-state index in [1.807, 2.05) is 26.0 Å². The Kier molecular flexibility index (Phi) is 5.82. The van der Waals surface area contributed by atoms with Gasteiger partial charge >= 0.3 is 0 Å². The van der Waals surface area contributed by atoms with Gasteiger partial charge in [-0.3, -0.25) is 0 Å². The van der Waals surface area contributed by atoms with E-state index < -0.39 is 10.0 Å². The van der Waals surface area contributed by atoms with E-state index in [9.17, 15) is 8.42 Å². The number of halogens is 1. The molecule has 0 spiro atoms. The van der Waals surface area contributed by atoms with Gasteiger partial charge in [0.2, 0.25) is 10.0 Å². The van der Waals surface area contributed by atoms with Crippen molar-refractivity contribution in [3.8, 4) is 0 Å². The molecule has 3 nitrogen and oxygen atoms in total. The molecule has 102 valence electrons. The van der Waals surface area contributed by atoms with Crippen LogP contribution in [0, 0.1) is 6.92 Å². The summed E-state index contributed by atoms with van der Waals surface area (Å²) in [6.45, 7) is 6.86. The quantitative estimate of drug-likeness (QED) is 0.798. The Balaban J connectivity index is 3.14. The first kappa shape index (κ1) is 15.7. The molecule has 0 atom stereocenters. The Morgan fingerprint density at radius 3 is 2.50 bits per heavy atom. The number of aryl methyl sites for hydroxylation is 1. The van der Waals surface area contributed by atoms with Gasteiger partial charge in [0.15, 0.2) is 0 Å². The molecule has 0 aliphatic carbocycles. The predicted octanol–water partition coefficient (Wildman–Crippen LogP) is 3.57. The Labute approximate surface area is 118 Å². The van der Waals surface area contributed by atoms with Crippen LogP contribution >= 0.6 is 15.9 Å². The molecular weight excluding hydrogens is 314 g/mol. The molecule has 0 N–H and O–H groups in total. The van der Waals surface area contributed by atoms with Gasteiger partial charge < -0.3 is 0 Å². The van der Waals surface area contributed by atoms with Crippen molar-refractivity contribution < 1.29 is 8.42 Å². The summed E-state index contributed by atoms with van der Waals surface area (Å²) < 4.78 is 27.4. The zero-order valence-corrected chi connectivity index (χ0v) is 13.5. The minimum absolute atomic E-state index is 0.398. The minimum Gasteiger partial charge on any atom is -0.207 e. The van der Waals surface area contributed by atoms with E-state index in [1.54, 1.807) is 10.4 Å². The number of hydrogen-bond acceptors (Lipinski definition) is 2. The number of benzene rings is 1. The molecule has 0 saturated heterocycles. The van der Waals surface area contributed by atoms with Crippen molar-refractivity contribution in [3.05, 3.63) is 28.2 Å². The number of sulfonamides is 1. The highest BCUT2D eigenvalue weighted by molar-refractivity contribution is 9.10. The fraction of sp³-hybridized carbons (Fsp3) is 0.538. The molecule has 0 unspecified atom stereocenters. The first-order valence-corrected chi connectivity index (χ1v) is 8.43. The summed E-state index contributed by atoms with van der Waals surface area (Å²) >= 11 is 3.33. The molecule has 0 aliphatic heterocycles. The molecule has 0 bridgehead atoms. The average Bonchev–Trinajstić information content (AvgIpc) is 2.33. The van der Waals surface area contributed by atoms with Crippen LogP contribution in [-0.4, -0.2) is 25.8 Å². The fourth-order valence-corrected chi connectivity index (χ4v) is 4.02. The van der Waals surface area contributed by atoms with Crippen molar-refractivity contribution in [2.45, 2.75) is 38.5 Å². The average molecular weight is 334 g/mol. The van der Waals surface area contributed by atoms with Crippen LogP contribution in [0.15, 0.2) is 27.6 Å². The molecule has 1 aromatic carbocycles.